The molecule has 0 atom stereocenters. The molecule has 3 aromatic rings. The summed E-state index contributed by atoms with van der Waals surface area (Å²) in [6.07, 6.45) is 1.48. The molecule has 7 heteroatoms. The highest BCUT2D eigenvalue weighted by Gasteiger charge is 2.13. The maximum Gasteiger partial charge on any atom is 0.259 e. The standard InChI is InChI=1S/C21H21FN4O2/c1-13-10-16(22)6-9-19(13)26-20(27)18-12-24-21(25-14(18)2)23-11-15-4-7-17(28-3)8-5-15/h4-10,12H,11H2,1-3H3,(H,26,27)(H,23,24,25). The monoisotopic (exact) mass is 380 g/mol. The predicted molar refractivity (Wildman–Crippen MR) is 106 cm³/mol. The Labute approximate surface area is 162 Å². The quantitative estimate of drug-likeness (QED) is 0.673. The number of benzene rings is 2. The number of halogens is 1. The van der Waals surface area contributed by atoms with Crippen molar-refractivity contribution in [2.75, 3.05) is 17.7 Å². The summed E-state index contributed by atoms with van der Waals surface area (Å²) in [4.78, 5) is 21.1. The lowest BCUT2D eigenvalue weighted by molar-refractivity contribution is 0.102. The first kappa shape index (κ1) is 19.3. The second kappa shape index (κ2) is 8.47. The fraction of sp³-hybridized carbons (Fsp3) is 0.190. The van der Waals surface area contributed by atoms with E-state index in [1.54, 1.807) is 21.0 Å². The smallest absolute Gasteiger partial charge is 0.259 e. The molecule has 1 amide bonds. The lowest BCUT2D eigenvalue weighted by Gasteiger charge is -2.11. The fourth-order valence-corrected chi connectivity index (χ4v) is 2.66. The van der Waals surface area contributed by atoms with Crippen molar-refractivity contribution in [3.05, 3.63) is 76.9 Å². The van der Waals surface area contributed by atoms with Crippen LogP contribution in [0.2, 0.25) is 0 Å². The van der Waals surface area contributed by atoms with Crippen LogP contribution in [0.3, 0.4) is 0 Å². The third kappa shape index (κ3) is 4.62. The van der Waals surface area contributed by atoms with Gasteiger partial charge in [0, 0.05) is 18.4 Å². The van der Waals surface area contributed by atoms with Gasteiger partial charge in [0.25, 0.3) is 5.91 Å². The number of nitrogens with zero attached hydrogens (tertiary/aromatic N) is 2. The van der Waals surface area contributed by atoms with Crippen LogP contribution in [-0.2, 0) is 6.54 Å². The molecule has 1 heterocycles. The molecule has 144 valence electrons. The molecule has 6 nitrogen and oxygen atoms in total. The van der Waals surface area contributed by atoms with Gasteiger partial charge in [-0.15, -0.1) is 0 Å². The van der Waals surface area contributed by atoms with Crippen LogP contribution in [0, 0.1) is 19.7 Å². The number of carbonyl (C=O) groups excluding carboxylic acids is 1. The molecule has 0 saturated carbocycles. The second-order valence-electron chi connectivity index (χ2n) is 6.31. The van der Waals surface area contributed by atoms with E-state index < -0.39 is 0 Å². The van der Waals surface area contributed by atoms with Crippen molar-refractivity contribution in [1.29, 1.82) is 0 Å². The van der Waals surface area contributed by atoms with E-state index in [1.165, 1.54) is 24.4 Å². The zero-order valence-corrected chi connectivity index (χ0v) is 15.9. The Balaban J connectivity index is 1.66. The molecule has 0 fully saturated rings. The molecule has 0 unspecified atom stereocenters. The minimum absolute atomic E-state index is 0.339. The van der Waals surface area contributed by atoms with Gasteiger partial charge in [-0.3, -0.25) is 4.79 Å². The van der Waals surface area contributed by atoms with E-state index in [-0.39, 0.29) is 11.7 Å². The molecule has 0 aliphatic heterocycles. The number of rotatable bonds is 6. The average molecular weight is 380 g/mol. The van der Waals surface area contributed by atoms with Crippen molar-refractivity contribution in [1.82, 2.24) is 9.97 Å². The van der Waals surface area contributed by atoms with Gasteiger partial charge >= 0.3 is 0 Å². The van der Waals surface area contributed by atoms with E-state index in [1.807, 2.05) is 24.3 Å². The molecule has 2 aromatic carbocycles. The SMILES string of the molecule is COc1ccc(CNc2ncc(C(=O)Nc3ccc(F)cc3C)c(C)n2)cc1. The van der Waals surface area contributed by atoms with Crippen molar-refractivity contribution < 1.29 is 13.9 Å². The number of hydrogen-bond donors (Lipinski definition) is 2. The lowest BCUT2D eigenvalue weighted by Crippen LogP contribution is -2.16. The van der Waals surface area contributed by atoms with Gasteiger partial charge in [-0.25, -0.2) is 14.4 Å². The van der Waals surface area contributed by atoms with E-state index in [4.69, 9.17) is 4.74 Å². The Hall–Kier alpha value is -3.48. The van der Waals surface area contributed by atoms with Gasteiger partial charge in [-0.1, -0.05) is 12.1 Å². The molecular weight excluding hydrogens is 359 g/mol. The van der Waals surface area contributed by atoms with E-state index >= 15 is 0 Å². The Morgan fingerprint density at radius 1 is 1.14 bits per heavy atom. The normalized spacial score (nSPS) is 10.4. The number of hydrogen-bond acceptors (Lipinski definition) is 5. The topological polar surface area (TPSA) is 76.1 Å². The predicted octanol–water partition coefficient (Wildman–Crippen LogP) is 4.11. The summed E-state index contributed by atoms with van der Waals surface area (Å²) >= 11 is 0. The Morgan fingerprint density at radius 2 is 1.89 bits per heavy atom. The number of amides is 1. The Bertz CT molecular complexity index is 990. The van der Waals surface area contributed by atoms with Crippen molar-refractivity contribution in [2.24, 2.45) is 0 Å². The number of ether oxygens (including phenoxy) is 1. The van der Waals surface area contributed by atoms with Gasteiger partial charge in [0.2, 0.25) is 5.95 Å². The zero-order chi connectivity index (χ0) is 20.1. The van der Waals surface area contributed by atoms with Gasteiger partial charge in [0.1, 0.15) is 11.6 Å². The number of nitrogens with one attached hydrogen (secondary N) is 2. The van der Waals surface area contributed by atoms with E-state index in [0.29, 0.717) is 35.0 Å². The molecule has 0 aliphatic carbocycles. The van der Waals surface area contributed by atoms with Crippen molar-refractivity contribution in [2.45, 2.75) is 20.4 Å². The van der Waals surface area contributed by atoms with Crippen molar-refractivity contribution in [3.63, 3.8) is 0 Å². The van der Waals surface area contributed by atoms with Gasteiger partial charge in [-0.2, -0.15) is 0 Å². The third-order valence-electron chi connectivity index (χ3n) is 4.27. The van der Waals surface area contributed by atoms with E-state index in [9.17, 15) is 9.18 Å². The van der Waals surface area contributed by atoms with Gasteiger partial charge in [-0.05, 0) is 55.3 Å². The molecule has 1 aromatic heterocycles. The summed E-state index contributed by atoms with van der Waals surface area (Å²) in [5.74, 6) is 0.543. The first-order valence-corrected chi connectivity index (χ1v) is 8.74. The molecule has 3 rings (SSSR count). The molecule has 2 N–H and O–H groups in total. The maximum absolute atomic E-state index is 13.2. The first-order valence-electron chi connectivity index (χ1n) is 8.74. The van der Waals surface area contributed by atoms with Gasteiger partial charge in [0.05, 0.1) is 18.4 Å². The molecule has 28 heavy (non-hydrogen) atoms. The highest BCUT2D eigenvalue weighted by molar-refractivity contribution is 6.05. The van der Waals surface area contributed by atoms with Crippen molar-refractivity contribution in [3.8, 4) is 5.75 Å². The van der Waals surface area contributed by atoms with Crippen LogP contribution in [0.1, 0.15) is 27.2 Å². The molecular formula is C21H21FN4O2. The van der Waals surface area contributed by atoms with Crippen LogP contribution in [0.25, 0.3) is 0 Å². The maximum atomic E-state index is 13.2. The highest BCUT2D eigenvalue weighted by Crippen LogP contribution is 2.18. The van der Waals surface area contributed by atoms with Gasteiger partial charge < -0.3 is 15.4 Å². The number of aryl methyl sites for hydroxylation is 2. The number of aromatic nitrogens is 2. The summed E-state index contributed by atoms with van der Waals surface area (Å²) in [5.41, 5.74) is 3.15. The number of methoxy groups -OCH3 is 1. The number of anilines is 2. The van der Waals surface area contributed by atoms with Crippen LogP contribution in [0.5, 0.6) is 5.75 Å². The number of carbonyl (C=O) groups is 1. The highest BCUT2D eigenvalue weighted by atomic mass is 19.1. The minimum Gasteiger partial charge on any atom is -0.497 e. The Morgan fingerprint density at radius 3 is 2.54 bits per heavy atom. The Kier molecular flexibility index (Phi) is 5.84. The van der Waals surface area contributed by atoms with E-state index in [2.05, 4.69) is 20.6 Å². The lowest BCUT2D eigenvalue weighted by atomic mass is 10.1. The minimum atomic E-state index is -0.345. The van der Waals surface area contributed by atoms with Crippen molar-refractivity contribution >= 4 is 17.5 Å². The summed E-state index contributed by atoms with van der Waals surface area (Å²) in [7, 11) is 1.62. The second-order valence-corrected chi connectivity index (χ2v) is 6.31. The average Bonchev–Trinajstić information content (AvgIpc) is 2.69. The molecule has 0 radical (unpaired) electrons. The summed E-state index contributed by atoms with van der Waals surface area (Å²) in [5, 5.41) is 5.90. The summed E-state index contributed by atoms with van der Waals surface area (Å²) in [6, 6.07) is 11.9. The molecule has 0 spiro atoms. The summed E-state index contributed by atoms with van der Waals surface area (Å²) < 4.78 is 18.3. The fourth-order valence-electron chi connectivity index (χ4n) is 2.66. The van der Waals surface area contributed by atoms with Crippen LogP contribution in [0.15, 0.2) is 48.7 Å². The first-order chi connectivity index (χ1) is 13.5. The van der Waals surface area contributed by atoms with Crippen LogP contribution in [0.4, 0.5) is 16.0 Å². The third-order valence-corrected chi connectivity index (χ3v) is 4.27. The largest absolute Gasteiger partial charge is 0.497 e. The van der Waals surface area contributed by atoms with E-state index in [0.717, 1.165) is 11.3 Å². The molecule has 0 aliphatic rings. The van der Waals surface area contributed by atoms with Crippen LogP contribution < -0.4 is 15.4 Å². The zero-order valence-electron chi connectivity index (χ0n) is 15.9. The summed E-state index contributed by atoms with van der Waals surface area (Å²) in [6.45, 7) is 4.02. The van der Waals surface area contributed by atoms with Crippen LogP contribution in [-0.4, -0.2) is 23.0 Å². The molecule has 0 saturated heterocycles. The van der Waals surface area contributed by atoms with Gasteiger partial charge in [0.15, 0.2) is 0 Å². The molecule has 0 bridgehead atoms. The van der Waals surface area contributed by atoms with Crippen LogP contribution >= 0.6 is 0 Å².